The molecule has 1 aromatic heterocycles. The molecule has 2 bridgehead atoms. The van der Waals surface area contributed by atoms with E-state index in [-0.39, 0.29) is 25.0 Å². The fourth-order valence-corrected chi connectivity index (χ4v) is 11.5. The number of ether oxygens (including phenoxy) is 5. The Kier molecular flexibility index (Phi) is 5.34. The highest BCUT2D eigenvalue weighted by atomic mass is 16.8. The van der Waals surface area contributed by atoms with Gasteiger partial charge in [-0.15, -0.1) is 0 Å². The van der Waals surface area contributed by atoms with Crippen LogP contribution >= 0.6 is 0 Å². The van der Waals surface area contributed by atoms with E-state index in [0.717, 1.165) is 0 Å². The van der Waals surface area contributed by atoms with Crippen LogP contribution in [0.25, 0.3) is 0 Å². The first kappa shape index (κ1) is 29.2. The van der Waals surface area contributed by atoms with Gasteiger partial charge in [-0.25, -0.2) is 4.79 Å². The van der Waals surface area contributed by atoms with Crippen LogP contribution < -0.4 is 0 Å². The minimum absolute atomic E-state index is 0.233. The minimum Gasteiger partial charge on any atom is -0.487 e. The molecule has 0 aromatic carbocycles. The summed E-state index contributed by atoms with van der Waals surface area (Å²) in [6.45, 7) is 5.47. The van der Waals surface area contributed by atoms with Gasteiger partial charge in [-0.2, -0.15) is 0 Å². The number of hydrogen-bond donors (Lipinski definition) is 5. The normalized spacial score (nSPS) is 53.9. The third-order valence-electron chi connectivity index (χ3n) is 13.0. The van der Waals surface area contributed by atoms with Gasteiger partial charge in [-0.3, -0.25) is 9.59 Å². The van der Waals surface area contributed by atoms with E-state index in [2.05, 4.69) is 0 Å². The van der Waals surface area contributed by atoms with Crippen molar-refractivity contribution in [1.29, 1.82) is 0 Å². The quantitative estimate of drug-likeness (QED) is 0.225. The average Bonchev–Trinajstić information content (AvgIpc) is 3.71. The van der Waals surface area contributed by atoms with Crippen LogP contribution in [0, 0.1) is 28.1 Å². The molecule has 0 amide bonds. The summed E-state index contributed by atoms with van der Waals surface area (Å²) in [7, 11) is 0. The number of allylic oxidation sites excluding steroid dienone is 1. The Morgan fingerprint density at radius 1 is 1.13 bits per heavy atom. The summed E-state index contributed by atoms with van der Waals surface area (Å²) in [5, 5.41) is 62.9. The van der Waals surface area contributed by atoms with Crippen LogP contribution in [-0.4, -0.2) is 97.1 Å². The maximum absolute atomic E-state index is 13.7. The number of fused-ring (bicyclic) bond motifs is 3. The first-order valence-corrected chi connectivity index (χ1v) is 15.2. The van der Waals surface area contributed by atoms with Crippen LogP contribution in [0.5, 0.6) is 0 Å². The Balaban J connectivity index is 1.50. The van der Waals surface area contributed by atoms with Gasteiger partial charge in [0.05, 0.1) is 35.9 Å². The zero-order valence-electron chi connectivity index (χ0n) is 25.1. The summed E-state index contributed by atoms with van der Waals surface area (Å²) in [6, 6.07) is 1.52. The fraction of sp³-hybridized carbons (Fsp3) is 0.710. The van der Waals surface area contributed by atoms with Crippen molar-refractivity contribution in [2.24, 2.45) is 28.1 Å². The number of carbonyl (C=O) groups excluding carboxylic acids is 3. The molecule has 2 saturated heterocycles. The van der Waals surface area contributed by atoms with E-state index in [1.165, 1.54) is 25.5 Å². The molecule has 4 saturated carbocycles. The molecule has 8 rings (SSSR count). The maximum atomic E-state index is 13.7. The van der Waals surface area contributed by atoms with E-state index >= 15 is 0 Å². The number of aliphatic hydroxyl groups is 5. The zero-order valence-corrected chi connectivity index (χ0v) is 25.1. The number of cyclic esters (lactones) is 1. The lowest BCUT2D eigenvalue weighted by atomic mass is 9.32. The Labute approximate surface area is 256 Å². The molecule has 14 atom stereocenters. The number of hydrogen-bond acceptors (Lipinski definition) is 14. The maximum Gasteiger partial charge on any atom is 0.509 e. The van der Waals surface area contributed by atoms with Gasteiger partial charge in [-0.05, 0) is 24.5 Å². The fourth-order valence-electron chi connectivity index (χ4n) is 11.5. The standard InChI is InChI=1S/C31H36O14/c1-5-15-8-17-26(4,21(42-13(2)32)14-6-7-40-10-14)19(34)20(35)31-27-12-41-18(33)9-16(27)25(3)11-28(27,38)29(39,22(25)36)23(43-15)30(17,31)44-24(37)45-31/h6-8,10,16-17,19-23,34-36,38-39H,5,9,11-12H2,1-4H3. The molecule has 14 unspecified atom stereocenters. The predicted octanol–water partition coefficient (Wildman–Crippen LogP) is 0.389. The smallest absolute Gasteiger partial charge is 0.487 e. The highest BCUT2D eigenvalue weighted by Gasteiger charge is 3.04. The van der Waals surface area contributed by atoms with Crippen molar-refractivity contribution in [3.05, 3.63) is 36.0 Å². The molecule has 3 aliphatic heterocycles. The van der Waals surface area contributed by atoms with Crippen molar-refractivity contribution in [1.82, 2.24) is 0 Å². The number of aliphatic hydroxyl groups excluding tert-OH is 3. The first-order chi connectivity index (χ1) is 21.1. The SMILES string of the molecule is CCC1=CC2C(C)(C(OC(C)=O)c3ccoc3)C(O)C(O)C34OC(=O)OC23C(O1)C1(O)C(O)C2(C)CC1(O)C41COC(=O)CC21. The van der Waals surface area contributed by atoms with E-state index in [0.29, 0.717) is 5.56 Å². The van der Waals surface area contributed by atoms with Gasteiger partial charge in [0.25, 0.3) is 0 Å². The van der Waals surface area contributed by atoms with Crippen molar-refractivity contribution >= 4 is 18.1 Å². The monoisotopic (exact) mass is 632 g/mol. The van der Waals surface area contributed by atoms with Crippen molar-refractivity contribution in [2.45, 2.75) is 99.9 Å². The molecule has 6 fully saturated rings. The number of rotatable bonds is 4. The molecule has 244 valence electrons. The number of carbonyl (C=O) groups is 3. The van der Waals surface area contributed by atoms with Gasteiger partial charge in [0.1, 0.15) is 24.4 Å². The Morgan fingerprint density at radius 3 is 2.51 bits per heavy atom. The lowest BCUT2D eigenvalue weighted by Gasteiger charge is -2.77. The largest absolute Gasteiger partial charge is 0.509 e. The number of esters is 2. The van der Waals surface area contributed by atoms with Crippen molar-refractivity contribution < 1.29 is 68.0 Å². The molecule has 0 radical (unpaired) electrons. The van der Waals surface area contributed by atoms with Crippen LogP contribution in [-0.2, 0) is 33.3 Å². The van der Waals surface area contributed by atoms with Gasteiger partial charge in [0.15, 0.2) is 17.3 Å². The molecule has 14 nitrogen and oxygen atoms in total. The molecule has 14 heteroatoms. The van der Waals surface area contributed by atoms with Crippen molar-refractivity contribution in [3.8, 4) is 0 Å². The second-order valence-electron chi connectivity index (χ2n) is 14.4. The van der Waals surface area contributed by atoms with Crippen LogP contribution in [0.15, 0.2) is 34.8 Å². The predicted molar refractivity (Wildman–Crippen MR) is 143 cm³/mol. The number of furan rings is 1. The molecule has 45 heavy (non-hydrogen) atoms. The lowest BCUT2D eigenvalue weighted by molar-refractivity contribution is -0.446. The molecule has 5 N–H and O–H groups in total. The lowest BCUT2D eigenvalue weighted by Crippen LogP contribution is -2.97. The summed E-state index contributed by atoms with van der Waals surface area (Å²) in [4.78, 5) is 39.1. The van der Waals surface area contributed by atoms with Gasteiger partial charge in [-0.1, -0.05) is 20.8 Å². The van der Waals surface area contributed by atoms with Gasteiger partial charge in [0.2, 0.25) is 5.60 Å². The van der Waals surface area contributed by atoms with Crippen LogP contribution in [0.4, 0.5) is 4.79 Å². The highest BCUT2D eigenvalue weighted by Crippen LogP contribution is 2.86. The third kappa shape index (κ3) is 2.60. The van der Waals surface area contributed by atoms with Crippen molar-refractivity contribution in [3.63, 3.8) is 0 Å². The molecular weight excluding hydrogens is 596 g/mol. The Bertz CT molecular complexity index is 1560. The molecule has 7 aliphatic rings. The first-order valence-electron chi connectivity index (χ1n) is 15.2. The summed E-state index contributed by atoms with van der Waals surface area (Å²) >= 11 is 0. The second kappa shape index (κ2) is 8.21. The average molecular weight is 633 g/mol. The zero-order chi connectivity index (χ0) is 32.3. The Morgan fingerprint density at radius 2 is 1.87 bits per heavy atom. The summed E-state index contributed by atoms with van der Waals surface area (Å²) in [5.74, 6) is -3.39. The van der Waals surface area contributed by atoms with Crippen LogP contribution in [0.2, 0.25) is 0 Å². The summed E-state index contributed by atoms with van der Waals surface area (Å²) < 4.78 is 35.4. The van der Waals surface area contributed by atoms with E-state index < -0.39 is 106 Å². The summed E-state index contributed by atoms with van der Waals surface area (Å²) in [5.41, 5.74) is -14.4. The van der Waals surface area contributed by atoms with Crippen molar-refractivity contribution in [2.75, 3.05) is 6.61 Å². The molecule has 1 aromatic rings. The second-order valence-corrected chi connectivity index (χ2v) is 14.4. The van der Waals surface area contributed by atoms with Gasteiger partial charge in [0, 0.05) is 42.1 Å². The molecule has 4 aliphatic carbocycles. The van der Waals surface area contributed by atoms with Gasteiger partial charge >= 0.3 is 18.1 Å². The minimum atomic E-state index is -2.57. The third-order valence-corrected chi connectivity index (χ3v) is 13.0. The van der Waals surface area contributed by atoms with E-state index in [1.807, 2.05) is 0 Å². The Hall–Kier alpha value is -3.17. The molecule has 4 heterocycles. The van der Waals surface area contributed by atoms with Crippen LogP contribution in [0.1, 0.15) is 58.6 Å². The topological polar surface area (TPSA) is 212 Å². The summed E-state index contributed by atoms with van der Waals surface area (Å²) in [6.07, 6.45) is -6.18. The van der Waals surface area contributed by atoms with E-state index in [4.69, 9.17) is 28.1 Å². The van der Waals surface area contributed by atoms with E-state index in [9.17, 15) is 39.9 Å². The molecule has 2 spiro atoms. The van der Waals surface area contributed by atoms with E-state index in [1.54, 1.807) is 26.8 Å². The van der Waals surface area contributed by atoms with Crippen LogP contribution in [0.3, 0.4) is 0 Å². The van der Waals surface area contributed by atoms with Gasteiger partial charge < -0.3 is 53.6 Å². The molecular formula is C31H36O14. The highest BCUT2D eigenvalue weighted by molar-refractivity contribution is 5.74.